The molecule has 3 rings (SSSR count). The first-order valence-corrected chi connectivity index (χ1v) is 9.85. The van der Waals surface area contributed by atoms with Gasteiger partial charge in [0.25, 0.3) is 0 Å². The van der Waals surface area contributed by atoms with E-state index in [0.717, 1.165) is 5.69 Å². The molecule has 0 aromatic heterocycles. The molecule has 2 fully saturated rings. The zero-order chi connectivity index (χ0) is 19.6. The van der Waals surface area contributed by atoms with Crippen LogP contribution in [0.2, 0.25) is 5.02 Å². The van der Waals surface area contributed by atoms with E-state index in [-0.39, 0.29) is 30.1 Å². The third-order valence-electron chi connectivity index (χ3n) is 5.12. The minimum Gasteiger partial charge on any atom is -0.339 e. The van der Waals surface area contributed by atoms with Gasteiger partial charge in [-0.1, -0.05) is 31.5 Å². The van der Waals surface area contributed by atoms with Gasteiger partial charge in [-0.25, -0.2) is 0 Å². The van der Waals surface area contributed by atoms with Crippen LogP contribution in [-0.2, 0) is 14.4 Å². The normalized spacial score (nSPS) is 20.5. The number of amides is 3. The molecule has 2 aliphatic heterocycles. The Morgan fingerprint density at radius 3 is 2.44 bits per heavy atom. The van der Waals surface area contributed by atoms with Gasteiger partial charge in [0, 0.05) is 56.3 Å². The zero-order valence-electron chi connectivity index (χ0n) is 15.9. The molecule has 0 spiro atoms. The fourth-order valence-corrected chi connectivity index (χ4v) is 3.86. The van der Waals surface area contributed by atoms with Crippen molar-refractivity contribution in [1.29, 1.82) is 0 Å². The van der Waals surface area contributed by atoms with Crippen LogP contribution < -0.4 is 4.90 Å². The van der Waals surface area contributed by atoms with E-state index in [2.05, 4.69) is 0 Å². The maximum absolute atomic E-state index is 12.9. The first-order chi connectivity index (χ1) is 12.8. The standard InChI is InChI=1S/C20H26ClN3O3/c1-14(2)10-18(25)22-6-8-23(9-7-22)20(27)15-11-19(26)24(13-15)17-5-3-4-16(21)12-17/h3-5,12,14-15H,6-11,13H2,1-2H3/t15-/m1/s1. The van der Waals surface area contributed by atoms with Crippen LogP contribution in [0.15, 0.2) is 24.3 Å². The molecule has 0 radical (unpaired) electrons. The minimum absolute atomic E-state index is 0.00355. The average Bonchev–Trinajstić information content (AvgIpc) is 3.02. The van der Waals surface area contributed by atoms with E-state index >= 15 is 0 Å². The Balaban J connectivity index is 1.56. The molecule has 0 bridgehead atoms. The van der Waals surface area contributed by atoms with Crippen LogP contribution in [0.1, 0.15) is 26.7 Å². The van der Waals surface area contributed by atoms with E-state index in [1.807, 2.05) is 24.8 Å². The van der Waals surface area contributed by atoms with E-state index in [9.17, 15) is 14.4 Å². The van der Waals surface area contributed by atoms with E-state index in [1.165, 1.54) is 0 Å². The Bertz CT molecular complexity index is 729. The molecule has 0 aliphatic carbocycles. The second kappa shape index (κ2) is 8.30. The number of hydrogen-bond donors (Lipinski definition) is 0. The van der Waals surface area contributed by atoms with Gasteiger partial charge in [0.05, 0.1) is 5.92 Å². The fraction of sp³-hybridized carbons (Fsp3) is 0.550. The number of halogens is 1. The maximum atomic E-state index is 12.9. The molecule has 2 saturated heterocycles. The number of piperazine rings is 1. The van der Waals surface area contributed by atoms with Gasteiger partial charge in [-0.3, -0.25) is 14.4 Å². The Morgan fingerprint density at radius 1 is 1.15 bits per heavy atom. The first-order valence-electron chi connectivity index (χ1n) is 9.47. The predicted octanol–water partition coefficient (Wildman–Crippen LogP) is 2.41. The van der Waals surface area contributed by atoms with E-state index in [1.54, 1.807) is 28.0 Å². The van der Waals surface area contributed by atoms with Crippen molar-refractivity contribution in [2.75, 3.05) is 37.6 Å². The van der Waals surface area contributed by atoms with Gasteiger partial charge in [0.2, 0.25) is 17.7 Å². The van der Waals surface area contributed by atoms with Gasteiger partial charge < -0.3 is 14.7 Å². The number of anilines is 1. The molecule has 27 heavy (non-hydrogen) atoms. The van der Waals surface area contributed by atoms with Crippen LogP contribution in [-0.4, -0.2) is 60.2 Å². The summed E-state index contributed by atoms with van der Waals surface area (Å²) in [6, 6.07) is 7.13. The van der Waals surface area contributed by atoms with Crippen LogP contribution in [0.25, 0.3) is 0 Å². The van der Waals surface area contributed by atoms with E-state index < -0.39 is 0 Å². The molecule has 6 nitrogen and oxygen atoms in total. The first kappa shape index (κ1) is 19.7. The van der Waals surface area contributed by atoms with Crippen LogP contribution in [0.3, 0.4) is 0 Å². The molecule has 2 aliphatic rings. The molecule has 3 amide bonds. The van der Waals surface area contributed by atoms with Gasteiger partial charge in [-0.2, -0.15) is 0 Å². The highest BCUT2D eigenvalue weighted by molar-refractivity contribution is 6.31. The molecule has 146 valence electrons. The van der Waals surface area contributed by atoms with Crippen molar-refractivity contribution in [2.24, 2.45) is 11.8 Å². The molecule has 7 heteroatoms. The van der Waals surface area contributed by atoms with Crippen LogP contribution >= 0.6 is 11.6 Å². The third kappa shape index (κ3) is 4.61. The summed E-state index contributed by atoms with van der Waals surface area (Å²) in [6.45, 7) is 6.63. The molecule has 1 aromatic carbocycles. The number of nitrogens with zero attached hydrogens (tertiary/aromatic N) is 3. The Morgan fingerprint density at radius 2 is 1.81 bits per heavy atom. The second-order valence-electron chi connectivity index (χ2n) is 7.69. The fourth-order valence-electron chi connectivity index (χ4n) is 3.68. The lowest BCUT2D eigenvalue weighted by Gasteiger charge is -2.36. The molecule has 0 unspecified atom stereocenters. The van der Waals surface area contributed by atoms with Crippen molar-refractivity contribution in [3.8, 4) is 0 Å². The highest BCUT2D eigenvalue weighted by atomic mass is 35.5. The average molecular weight is 392 g/mol. The molecule has 0 saturated carbocycles. The van der Waals surface area contributed by atoms with Gasteiger partial charge in [0.1, 0.15) is 0 Å². The monoisotopic (exact) mass is 391 g/mol. The van der Waals surface area contributed by atoms with E-state index in [4.69, 9.17) is 11.6 Å². The summed E-state index contributed by atoms with van der Waals surface area (Å²) >= 11 is 6.02. The summed E-state index contributed by atoms with van der Waals surface area (Å²) in [5.41, 5.74) is 0.729. The molecular formula is C20H26ClN3O3. The smallest absolute Gasteiger partial charge is 0.228 e. The Labute approximate surface area is 165 Å². The van der Waals surface area contributed by atoms with Crippen molar-refractivity contribution in [1.82, 2.24) is 9.80 Å². The Hall–Kier alpha value is -2.08. The van der Waals surface area contributed by atoms with Crippen molar-refractivity contribution < 1.29 is 14.4 Å². The maximum Gasteiger partial charge on any atom is 0.228 e. The highest BCUT2D eigenvalue weighted by Crippen LogP contribution is 2.28. The van der Waals surface area contributed by atoms with Crippen molar-refractivity contribution in [3.05, 3.63) is 29.3 Å². The molecule has 1 atom stereocenters. The minimum atomic E-state index is -0.339. The summed E-state index contributed by atoms with van der Waals surface area (Å²) < 4.78 is 0. The SMILES string of the molecule is CC(C)CC(=O)N1CCN(C(=O)[C@@H]2CC(=O)N(c3cccc(Cl)c3)C2)CC1. The lowest BCUT2D eigenvalue weighted by molar-refractivity contribution is -0.142. The largest absolute Gasteiger partial charge is 0.339 e. The summed E-state index contributed by atoms with van der Waals surface area (Å²) in [5.74, 6) is 0.0963. The second-order valence-corrected chi connectivity index (χ2v) is 8.13. The van der Waals surface area contributed by atoms with Crippen molar-refractivity contribution in [3.63, 3.8) is 0 Å². The summed E-state index contributed by atoms with van der Waals surface area (Å²) in [6.07, 6.45) is 0.761. The number of benzene rings is 1. The molecule has 2 heterocycles. The van der Waals surface area contributed by atoms with Gasteiger partial charge in [-0.15, -0.1) is 0 Å². The van der Waals surface area contributed by atoms with Crippen molar-refractivity contribution in [2.45, 2.75) is 26.7 Å². The van der Waals surface area contributed by atoms with Crippen LogP contribution in [0, 0.1) is 11.8 Å². The summed E-state index contributed by atoms with van der Waals surface area (Å²) in [4.78, 5) is 42.7. The third-order valence-corrected chi connectivity index (χ3v) is 5.36. The predicted molar refractivity (Wildman–Crippen MR) is 105 cm³/mol. The summed E-state index contributed by atoms with van der Waals surface area (Å²) in [7, 11) is 0. The van der Waals surface area contributed by atoms with Crippen LogP contribution in [0.5, 0.6) is 0 Å². The van der Waals surface area contributed by atoms with Gasteiger partial charge in [-0.05, 0) is 24.1 Å². The van der Waals surface area contributed by atoms with Crippen LogP contribution in [0.4, 0.5) is 5.69 Å². The molecule has 0 N–H and O–H groups in total. The quantitative estimate of drug-likeness (QED) is 0.791. The number of carbonyl (C=O) groups is 3. The number of rotatable bonds is 4. The topological polar surface area (TPSA) is 60.9 Å². The zero-order valence-corrected chi connectivity index (χ0v) is 16.6. The lowest BCUT2D eigenvalue weighted by Crippen LogP contribution is -2.52. The number of hydrogen-bond acceptors (Lipinski definition) is 3. The Kier molecular flexibility index (Phi) is 6.05. The van der Waals surface area contributed by atoms with Gasteiger partial charge in [0.15, 0.2) is 0 Å². The number of carbonyl (C=O) groups excluding carboxylic acids is 3. The lowest BCUT2D eigenvalue weighted by atomic mass is 10.1. The summed E-state index contributed by atoms with van der Waals surface area (Å²) in [5, 5.41) is 0.567. The van der Waals surface area contributed by atoms with Crippen molar-refractivity contribution >= 4 is 35.0 Å². The van der Waals surface area contributed by atoms with E-state index in [0.29, 0.717) is 50.1 Å². The van der Waals surface area contributed by atoms with Gasteiger partial charge >= 0.3 is 0 Å². The highest BCUT2D eigenvalue weighted by Gasteiger charge is 2.38. The molecule has 1 aromatic rings. The molecular weight excluding hydrogens is 366 g/mol.